The highest BCUT2D eigenvalue weighted by Gasteiger charge is 2.31. The molecule has 0 saturated carbocycles. The predicted octanol–water partition coefficient (Wildman–Crippen LogP) is 16.2. The molecule has 0 N–H and O–H groups in total. The van der Waals surface area contributed by atoms with Gasteiger partial charge in [0.1, 0.15) is 11.2 Å². The average molecular weight is 731 g/mol. The molecule has 280 valence electrons. The second-order valence-electron chi connectivity index (χ2n) is 17.2. The summed E-state index contributed by atoms with van der Waals surface area (Å²) in [6.07, 6.45) is 0. The molecule has 0 saturated heterocycles. The molecule has 0 atom stereocenters. The number of furan rings is 1. The zero-order valence-electron chi connectivity index (χ0n) is 36.1. The molecule has 9 rings (SSSR count). The zero-order valence-corrected chi connectivity index (χ0v) is 36.1. The van der Waals surface area contributed by atoms with Crippen LogP contribution in [0.25, 0.3) is 87.3 Å². The summed E-state index contributed by atoms with van der Waals surface area (Å²) in [7, 11) is 0. The third-order valence-electron chi connectivity index (χ3n) is 15.1. The summed E-state index contributed by atoms with van der Waals surface area (Å²) in [5.74, 6) is 0. The second kappa shape index (κ2) is 12.3. The maximum atomic E-state index is 7.13. The molecule has 0 aliphatic heterocycles. The first-order valence-corrected chi connectivity index (χ1v) is 20.4. The number of hydrogen-bond donors (Lipinski definition) is 0. The van der Waals surface area contributed by atoms with Crippen LogP contribution in [0.3, 0.4) is 0 Å². The van der Waals surface area contributed by atoms with Crippen LogP contribution in [-0.2, 0) is 0 Å². The van der Waals surface area contributed by atoms with E-state index in [4.69, 9.17) is 4.42 Å². The molecule has 0 unspecified atom stereocenters. The first-order valence-electron chi connectivity index (χ1n) is 20.4. The Morgan fingerprint density at radius 1 is 0.286 bits per heavy atom. The van der Waals surface area contributed by atoms with E-state index in [2.05, 4.69) is 158 Å². The van der Waals surface area contributed by atoms with E-state index in [9.17, 15) is 0 Å². The molecule has 1 aromatic heterocycles. The highest BCUT2D eigenvalue weighted by Crippen LogP contribution is 2.55. The van der Waals surface area contributed by atoms with Gasteiger partial charge in [0.2, 0.25) is 0 Å². The first-order chi connectivity index (χ1) is 26.6. The summed E-state index contributed by atoms with van der Waals surface area (Å²) in [6, 6.07) is 20.5. The van der Waals surface area contributed by atoms with Crippen LogP contribution in [0.5, 0.6) is 0 Å². The molecule has 0 bridgehead atoms. The fourth-order valence-electron chi connectivity index (χ4n) is 10.5. The van der Waals surface area contributed by atoms with Crippen molar-refractivity contribution in [3.63, 3.8) is 0 Å². The maximum absolute atomic E-state index is 7.13. The van der Waals surface area contributed by atoms with Gasteiger partial charge in [-0.1, -0.05) is 48.5 Å². The van der Waals surface area contributed by atoms with Crippen molar-refractivity contribution in [2.24, 2.45) is 0 Å². The van der Waals surface area contributed by atoms with E-state index in [0.29, 0.717) is 0 Å². The minimum atomic E-state index is 1.02. The van der Waals surface area contributed by atoms with Crippen LogP contribution >= 0.6 is 0 Å². The summed E-state index contributed by atoms with van der Waals surface area (Å²) in [5.41, 5.74) is 27.5. The Bertz CT molecular complexity index is 3190. The number of benzene rings is 8. The molecular weight excluding hydrogens is 677 g/mol. The Kier molecular flexibility index (Phi) is 7.96. The highest BCUT2D eigenvalue weighted by molar-refractivity contribution is 6.31. The van der Waals surface area contributed by atoms with E-state index < -0.39 is 0 Å². The van der Waals surface area contributed by atoms with E-state index in [0.717, 1.165) is 11.2 Å². The van der Waals surface area contributed by atoms with Crippen LogP contribution in [0, 0.1) is 104 Å². The van der Waals surface area contributed by atoms with Gasteiger partial charge < -0.3 is 4.42 Å². The van der Waals surface area contributed by atoms with E-state index in [-0.39, 0.29) is 0 Å². The highest BCUT2D eigenvalue weighted by atomic mass is 16.3. The Balaban J connectivity index is 1.68. The van der Waals surface area contributed by atoms with Crippen LogP contribution in [-0.4, -0.2) is 0 Å². The summed E-state index contributed by atoms with van der Waals surface area (Å²) < 4.78 is 7.13. The second-order valence-corrected chi connectivity index (χ2v) is 17.2. The molecule has 1 heteroatoms. The lowest BCUT2D eigenvalue weighted by atomic mass is 9.74. The number of aryl methyl sites for hydroxylation is 7. The minimum absolute atomic E-state index is 1.02. The van der Waals surface area contributed by atoms with Gasteiger partial charge in [-0.15, -0.1) is 0 Å². The largest absolute Gasteiger partial charge is 0.455 e. The molecule has 0 fully saturated rings. The molecular formula is C55H54O. The molecule has 0 aliphatic carbocycles. The minimum Gasteiger partial charge on any atom is -0.455 e. The fourth-order valence-corrected chi connectivity index (χ4v) is 10.5. The summed E-state index contributed by atoms with van der Waals surface area (Å²) in [6.45, 7) is 34.9. The Morgan fingerprint density at radius 3 is 1.18 bits per heavy atom. The quantitative estimate of drug-likeness (QED) is 0.127. The third-order valence-corrected chi connectivity index (χ3v) is 15.1. The standard InChI is InChI=1S/C55H54O/c1-25-27(3)34(10)47-45(32(25)8)51(44-24-40-20-16-17-21-41(40)42-22-18-19-23-43(42)44)46-33(9)26(2)28(4)35(11)48(46)52(47)49-36(12)31(7)39(15)55-53(49)50-37(13)29(5)30(6)38(14)54(50)56-55/h16-24H,1-15H3. The van der Waals surface area contributed by atoms with Crippen molar-refractivity contribution in [1.82, 2.24) is 0 Å². The van der Waals surface area contributed by atoms with Crippen molar-refractivity contribution in [1.29, 1.82) is 0 Å². The molecule has 0 amide bonds. The Labute approximate surface area is 332 Å². The normalized spacial score (nSPS) is 12.2. The molecule has 0 spiro atoms. The van der Waals surface area contributed by atoms with Crippen molar-refractivity contribution in [2.45, 2.75) is 104 Å². The number of rotatable bonds is 2. The Morgan fingerprint density at radius 2 is 0.661 bits per heavy atom. The van der Waals surface area contributed by atoms with Gasteiger partial charge in [-0.25, -0.2) is 0 Å². The van der Waals surface area contributed by atoms with Crippen LogP contribution in [0.4, 0.5) is 0 Å². The lowest BCUT2D eigenvalue weighted by molar-refractivity contribution is 0.661. The maximum Gasteiger partial charge on any atom is 0.139 e. The van der Waals surface area contributed by atoms with Crippen molar-refractivity contribution >= 4 is 65.0 Å². The Hall–Kier alpha value is -5.40. The number of fused-ring (bicyclic) bond motifs is 8. The third kappa shape index (κ3) is 4.49. The lowest BCUT2D eigenvalue weighted by Crippen LogP contribution is -2.05. The van der Waals surface area contributed by atoms with Gasteiger partial charge in [-0.2, -0.15) is 0 Å². The van der Waals surface area contributed by atoms with Crippen LogP contribution in [0.2, 0.25) is 0 Å². The van der Waals surface area contributed by atoms with Crippen molar-refractivity contribution in [3.8, 4) is 22.3 Å². The van der Waals surface area contributed by atoms with Crippen molar-refractivity contribution in [3.05, 3.63) is 138 Å². The van der Waals surface area contributed by atoms with E-state index in [1.165, 1.54) is 160 Å². The van der Waals surface area contributed by atoms with Gasteiger partial charge in [0.05, 0.1) is 0 Å². The smallest absolute Gasteiger partial charge is 0.139 e. The molecule has 0 radical (unpaired) electrons. The lowest BCUT2D eigenvalue weighted by Gasteiger charge is -2.29. The molecule has 56 heavy (non-hydrogen) atoms. The van der Waals surface area contributed by atoms with Crippen molar-refractivity contribution in [2.75, 3.05) is 0 Å². The molecule has 9 aromatic rings. The molecule has 0 aliphatic rings. The summed E-state index contributed by atoms with van der Waals surface area (Å²) in [4.78, 5) is 0. The zero-order chi connectivity index (χ0) is 40.0. The van der Waals surface area contributed by atoms with E-state index in [1.54, 1.807) is 0 Å². The average Bonchev–Trinajstić information content (AvgIpc) is 3.60. The summed E-state index contributed by atoms with van der Waals surface area (Å²) in [5, 5.41) is 13.2. The van der Waals surface area contributed by atoms with Gasteiger partial charge >= 0.3 is 0 Å². The summed E-state index contributed by atoms with van der Waals surface area (Å²) >= 11 is 0. The molecule has 1 heterocycles. The number of hydrogen-bond acceptors (Lipinski definition) is 1. The van der Waals surface area contributed by atoms with E-state index >= 15 is 0 Å². The van der Waals surface area contributed by atoms with Crippen molar-refractivity contribution < 1.29 is 4.42 Å². The van der Waals surface area contributed by atoms with Crippen LogP contribution < -0.4 is 0 Å². The van der Waals surface area contributed by atoms with Gasteiger partial charge in [0, 0.05) is 10.8 Å². The van der Waals surface area contributed by atoms with Crippen LogP contribution in [0.15, 0.2) is 59.0 Å². The molecule has 8 aromatic carbocycles. The predicted molar refractivity (Wildman–Crippen MR) is 246 cm³/mol. The monoisotopic (exact) mass is 730 g/mol. The molecule has 1 nitrogen and oxygen atoms in total. The van der Waals surface area contributed by atoms with Gasteiger partial charge in [0.15, 0.2) is 0 Å². The SMILES string of the molecule is Cc1c(C)c(C)c2c(oc3c(C)c(C)c(C)c(-c4c5c(C)c(C)c(C)c(C)c5c(-c5cc6ccccc6c6ccccc56)c5c(C)c(C)c(C)c(C)c45)c32)c1C. The van der Waals surface area contributed by atoms with Crippen LogP contribution in [0.1, 0.15) is 83.5 Å². The fraction of sp³-hybridized carbons (Fsp3) is 0.273. The van der Waals surface area contributed by atoms with Gasteiger partial charge in [-0.05, 0) is 259 Å². The van der Waals surface area contributed by atoms with Gasteiger partial charge in [-0.3, -0.25) is 0 Å². The first kappa shape index (κ1) is 36.3. The topological polar surface area (TPSA) is 13.1 Å². The van der Waals surface area contributed by atoms with E-state index in [1.807, 2.05) is 0 Å². The van der Waals surface area contributed by atoms with Gasteiger partial charge in [0.25, 0.3) is 0 Å².